The van der Waals surface area contributed by atoms with Gasteiger partial charge in [0.15, 0.2) is 6.29 Å². The van der Waals surface area contributed by atoms with Crippen molar-refractivity contribution in [1.82, 2.24) is 4.90 Å². The molecule has 3 aromatic carbocycles. The van der Waals surface area contributed by atoms with Crippen LogP contribution in [0.1, 0.15) is 67.3 Å². The van der Waals surface area contributed by atoms with Crippen molar-refractivity contribution >= 4 is 29.2 Å². The number of hydrogen-bond donors (Lipinski definition) is 4. The molecule has 44 heavy (non-hydrogen) atoms. The lowest BCUT2D eigenvalue weighted by Gasteiger charge is -2.45. The molecule has 2 saturated heterocycles. The van der Waals surface area contributed by atoms with E-state index >= 15 is 0 Å². The molecule has 0 aromatic heterocycles. The molecule has 10 heteroatoms. The lowest BCUT2D eigenvalue weighted by atomic mass is 9.84. The van der Waals surface area contributed by atoms with Crippen LogP contribution < -0.4 is 5.32 Å². The van der Waals surface area contributed by atoms with E-state index in [1.807, 2.05) is 54.6 Å². The van der Waals surface area contributed by atoms with Crippen LogP contribution in [-0.2, 0) is 31.3 Å². The van der Waals surface area contributed by atoms with Crippen molar-refractivity contribution < 1.29 is 34.4 Å². The number of aliphatic hydroxyl groups excluding tert-OH is 1. The van der Waals surface area contributed by atoms with Gasteiger partial charge in [0.1, 0.15) is 0 Å². The smallest absolute Gasteiger partial charge is 0.303 e. The molecule has 0 bridgehead atoms. The first kappa shape index (κ1) is 32.1. The number of carboxylic acids is 1. The molecule has 0 aliphatic carbocycles. The highest BCUT2D eigenvalue weighted by Gasteiger charge is 2.41. The fourth-order valence-electron chi connectivity index (χ4n) is 5.94. The van der Waals surface area contributed by atoms with E-state index < -0.39 is 17.9 Å². The largest absolute Gasteiger partial charge is 0.481 e. The van der Waals surface area contributed by atoms with Crippen LogP contribution in [0, 0.1) is 5.92 Å². The molecule has 0 saturated carbocycles. The molecule has 2 aliphatic rings. The Kier molecular flexibility index (Phi) is 10.4. The van der Waals surface area contributed by atoms with Crippen molar-refractivity contribution in [1.29, 1.82) is 0 Å². The number of hydrogen-bond acceptors (Lipinski definition) is 7. The Morgan fingerprint density at radius 1 is 0.977 bits per heavy atom. The number of carboxylic acid groups (broad SMARTS) is 1. The number of piperidine rings is 1. The van der Waals surface area contributed by atoms with E-state index in [9.17, 15) is 19.8 Å². The molecular weight excluding hydrogens is 584 g/mol. The average Bonchev–Trinajstić information content (AvgIpc) is 3.02. The Hall–Kier alpha value is -3.31. The van der Waals surface area contributed by atoms with Crippen LogP contribution in [0.4, 0.5) is 5.69 Å². The van der Waals surface area contributed by atoms with Crippen molar-refractivity contribution in [3.63, 3.8) is 0 Å². The van der Waals surface area contributed by atoms with Crippen LogP contribution in [0.3, 0.4) is 0 Å². The first-order chi connectivity index (χ1) is 21.1. The highest BCUT2D eigenvalue weighted by atomic mass is 35.5. The van der Waals surface area contributed by atoms with Crippen LogP contribution in [0.5, 0.6) is 0 Å². The van der Waals surface area contributed by atoms with E-state index in [-0.39, 0.29) is 43.5 Å². The summed E-state index contributed by atoms with van der Waals surface area (Å²) in [6.07, 6.45) is -0.404. The van der Waals surface area contributed by atoms with Crippen LogP contribution in [-0.4, -0.2) is 57.8 Å². The number of nitrogens with one attached hydrogen (secondary N) is 1. The number of aliphatic carboxylic acids is 1. The maximum atomic E-state index is 12.3. The van der Waals surface area contributed by atoms with Crippen molar-refractivity contribution in [2.24, 2.45) is 5.92 Å². The Labute approximate surface area is 262 Å². The lowest BCUT2D eigenvalue weighted by Crippen LogP contribution is -2.49. The summed E-state index contributed by atoms with van der Waals surface area (Å²) in [7, 11) is 0. The summed E-state index contributed by atoms with van der Waals surface area (Å²) in [4.78, 5) is 25.5. The number of carbonyl (C=O) groups is 2. The Morgan fingerprint density at radius 2 is 1.68 bits per heavy atom. The molecule has 2 aliphatic heterocycles. The third kappa shape index (κ3) is 7.85. The van der Waals surface area contributed by atoms with Crippen LogP contribution in [0.2, 0.25) is 5.02 Å². The number of amides is 1. The summed E-state index contributed by atoms with van der Waals surface area (Å²) in [5, 5.41) is 33.2. The van der Waals surface area contributed by atoms with Gasteiger partial charge in [0, 0.05) is 48.2 Å². The average molecular weight is 623 g/mol. The molecule has 234 valence electrons. The van der Waals surface area contributed by atoms with Gasteiger partial charge in [-0.3, -0.25) is 9.59 Å². The molecule has 0 radical (unpaired) electrons. The minimum absolute atomic E-state index is 0.0118. The normalized spacial score (nSPS) is 23.6. The quantitative estimate of drug-likeness (QED) is 0.236. The van der Waals surface area contributed by atoms with Crippen molar-refractivity contribution in [2.75, 3.05) is 25.0 Å². The molecule has 1 amide bonds. The zero-order valence-electron chi connectivity index (χ0n) is 24.7. The van der Waals surface area contributed by atoms with E-state index in [0.717, 1.165) is 22.3 Å². The second kappa shape index (κ2) is 14.2. The standard InChI is InChI=1S/C34H39ClN2O7/c1-22-29(20-37-17-15-34(42,16-18-37)26-9-11-27(35)12-10-26)43-33(44-32(22)24-7-5-23(21-38)6-8-24)25-3-2-4-28(19-25)36-30(39)13-14-31(40)41/h2-12,19,22,29,32-33,38,42H,13-18,20-21H2,1H3,(H,36,39)(H,40,41)/t22-,29+,32+,33+/m0/s1. The minimum Gasteiger partial charge on any atom is -0.481 e. The molecule has 2 heterocycles. The van der Waals surface area contributed by atoms with Gasteiger partial charge in [0.05, 0.1) is 30.8 Å². The number of aliphatic hydroxyl groups is 2. The molecule has 3 aromatic rings. The van der Waals surface area contributed by atoms with Crippen molar-refractivity contribution in [3.8, 4) is 0 Å². The molecule has 4 N–H and O–H groups in total. The number of ether oxygens (including phenoxy) is 2. The lowest BCUT2D eigenvalue weighted by molar-refractivity contribution is -0.277. The summed E-state index contributed by atoms with van der Waals surface area (Å²) in [6.45, 7) is 4.11. The van der Waals surface area contributed by atoms with Gasteiger partial charge >= 0.3 is 5.97 Å². The van der Waals surface area contributed by atoms with Gasteiger partial charge < -0.3 is 35.0 Å². The summed E-state index contributed by atoms with van der Waals surface area (Å²) in [5.41, 5.74) is 3.01. The summed E-state index contributed by atoms with van der Waals surface area (Å²) in [6, 6.07) is 22.3. The van der Waals surface area contributed by atoms with E-state index in [2.05, 4.69) is 17.1 Å². The van der Waals surface area contributed by atoms with Gasteiger partial charge in [0.2, 0.25) is 5.91 Å². The molecule has 9 nitrogen and oxygen atoms in total. The zero-order valence-corrected chi connectivity index (χ0v) is 25.5. The van der Waals surface area contributed by atoms with Crippen LogP contribution >= 0.6 is 11.6 Å². The molecule has 2 fully saturated rings. The molecule has 0 spiro atoms. The molecule has 5 rings (SSSR count). The topological polar surface area (TPSA) is 129 Å². The Morgan fingerprint density at radius 3 is 2.34 bits per heavy atom. The molecule has 0 unspecified atom stereocenters. The number of rotatable bonds is 10. The molecule has 4 atom stereocenters. The monoisotopic (exact) mass is 622 g/mol. The SMILES string of the molecule is C[C@H]1[C@@H](CN2CCC(O)(c3ccc(Cl)cc3)CC2)O[C@@H](c2cccc(NC(=O)CCC(=O)O)c2)O[C@H]1c1ccc(CO)cc1. The zero-order chi connectivity index (χ0) is 31.3. The van der Waals surface area contributed by atoms with Crippen molar-refractivity contribution in [2.45, 2.75) is 63.3 Å². The third-order valence-electron chi connectivity index (χ3n) is 8.63. The van der Waals surface area contributed by atoms with E-state index in [1.165, 1.54) is 0 Å². The van der Waals surface area contributed by atoms with Crippen LogP contribution in [0.25, 0.3) is 0 Å². The van der Waals surface area contributed by atoms with Gasteiger partial charge in [-0.2, -0.15) is 0 Å². The fraction of sp³-hybridized carbons (Fsp3) is 0.412. The van der Waals surface area contributed by atoms with Gasteiger partial charge in [-0.15, -0.1) is 0 Å². The maximum absolute atomic E-state index is 12.3. The fourth-order valence-corrected chi connectivity index (χ4v) is 6.07. The van der Waals surface area contributed by atoms with E-state index in [1.54, 1.807) is 18.2 Å². The second-order valence-corrected chi connectivity index (χ2v) is 12.2. The van der Waals surface area contributed by atoms with Gasteiger partial charge in [-0.25, -0.2) is 0 Å². The first-order valence-electron chi connectivity index (χ1n) is 15.0. The number of halogens is 1. The van der Waals surface area contributed by atoms with Gasteiger partial charge in [-0.05, 0) is 53.8 Å². The van der Waals surface area contributed by atoms with Gasteiger partial charge in [-0.1, -0.05) is 67.1 Å². The Balaban J connectivity index is 1.32. The minimum atomic E-state index is -1.03. The summed E-state index contributed by atoms with van der Waals surface area (Å²) < 4.78 is 13.2. The number of carbonyl (C=O) groups excluding carboxylic acids is 1. The summed E-state index contributed by atoms with van der Waals surface area (Å²) in [5.74, 6) is -1.42. The highest BCUT2D eigenvalue weighted by Crippen LogP contribution is 2.43. The molecular formula is C34H39ClN2O7. The predicted molar refractivity (Wildman–Crippen MR) is 166 cm³/mol. The predicted octanol–water partition coefficient (Wildman–Crippen LogP) is 5.41. The Bertz CT molecular complexity index is 1420. The second-order valence-electron chi connectivity index (χ2n) is 11.7. The first-order valence-corrected chi connectivity index (χ1v) is 15.3. The van der Waals surface area contributed by atoms with E-state index in [0.29, 0.717) is 43.2 Å². The van der Waals surface area contributed by atoms with Crippen LogP contribution in [0.15, 0.2) is 72.8 Å². The number of nitrogens with zero attached hydrogens (tertiary/aromatic N) is 1. The number of benzene rings is 3. The maximum Gasteiger partial charge on any atom is 0.303 e. The highest BCUT2D eigenvalue weighted by molar-refractivity contribution is 6.30. The van der Waals surface area contributed by atoms with Crippen molar-refractivity contribution in [3.05, 3.63) is 100 Å². The number of likely N-dealkylation sites (tertiary alicyclic amines) is 1. The van der Waals surface area contributed by atoms with E-state index in [4.69, 9.17) is 26.2 Å². The van der Waals surface area contributed by atoms with Gasteiger partial charge in [0.25, 0.3) is 0 Å². The third-order valence-corrected chi connectivity index (χ3v) is 8.89. The number of anilines is 1. The summed E-state index contributed by atoms with van der Waals surface area (Å²) >= 11 is 6.06.